The quantitative estimate of drug-likeness (QED) is 0.815. The van der Waals surface area contributed by atoms with E-state index in [9.17, 15) is 8.78 Å². The van der Waals surface area contributed by atoms with Gasteiger partial charge in [0.15, 0.2) is 0 Å². The van der Waals surface area contributed by atoms with Gasteiger partial charge in [-0.15, -0.1) is 0 Å². The second-order valence-corrected chi connectivity index (χ2v) is 6.01. The summed E-state index contributed by atoms with van der Waals surface area (Å²) in [6.07, 6.45) is 0.483. The van der Waals surface area contributed by atoms with Crippen LogP contribution >= 0.6 is 0 Å². The van der Waals surface area contributed by atoms with Gasteiger partial charge >= 0.3 is 0 Å². The van der Waals surface area contributed by atoms with Gasteiger partial charge in [0.1, 0.15) is 0 Å². The van der Waals surface area contributed by atoms with Crippen molar-refractivity contribution in [2.24, 2.45) is 13.0 Å². The van der Waals surface area contributed by atoms with E-state index in [1.54, 1.807) is 23.0 Å². The largest absolute Gasteiger partial charge is 0.264 e. The number of nitrogens with zero attached hydrogens (tertiary/aromatic N) is 3. The van der Waals surface area contributed by atoms with Crippen LogP contribution in [0.1, 0.15) is 56.9 Å². The molecule has 0 saturated carbocycles. The van der Waals surface area contributed by atoms with Crippen molar-refractivity contribution >= 4 is 0 Å². The molecule has 0 aliphatic carbocycles. The molecule has 0 aliphatic heterocycles. The molecule has 122 valence electrons. The maximum absolute atomic E-state index is 12.4. The van der Waals surface area contributed by atoms with E-state index in [2.05, 4.69) is 24.0 Å². The first-order valence-corrected chi connectivity index (χ1v) is 7.53. The summed E-state index contributed by atoms with van der Waals surface area (Å²) in [5.41, 5.74) is 1.98. The number of halogens is 2. The molecule has 1 aromatic heterocycles. The summed E-state index contributed by atoms with van der Waals surface area (Å²) in [5, 5.41) is 8.13. The molecule has 1 heterocycles. The average Bonchev–Trinajstić information content (AvgIpc) is 2.83. The van der Waals surface area contributed by atoms with Crippen molar-refractivity contribution in [3.8, 4) is 0 Å². The number of aryl methyl sites for hydroxylation is 1. The highest BCUT2D eigenvalue weighted by Crippen LogP contribution is 2.27. The van der Waals surface area contributed by atoms with Gasteiger partial charge in [-0.25, -0.2) is 8.78 Å². The smallest absolute Gasteiger partial charge is 0.205 e. The summed E-state index contributed by atoms with van der Waals surface area (Å²) in [4.78, 5) is 1.59. The Kier molecular flexibility index (Phi) is 7.15. The minimum absolute atomic E-state index is 0.160. The van der Waals surface area contributed by atoms with Crippen LogP contribution in [0.5, 0.6) is 0 Å². The molecular formula is C17H25F2N3. The molecule has 3 nitrogen and oxygen atoms in total. The minimum Gasteiger partial charge on any atom is -0.205 e. The summed E-state index contributed by atoms with van der Waals surface area (Å²) in [6.45, 7) is 8.19. The Morgan fingerprint density at radius 2 is 1.64 bits per heavy atom. The van der Waals surface area contributed by atoms with Gasteiger partial charge in [-0.3, -0.25) is 0 Å². The predicted molar refractivity (Wildman–Crippen MR) is 85.0 cm³/mol. The fraction of sp³-hybridized carbons (Fsp3) is 0.529. The standard InChI is InChI=1S/C10H12F2.C7H13N3/c1-7(2)8-5-3-4-6-9(8)10(11)12;1-6(2)4-7-5-8-10(3)9-7/h3-7,10H,1-2H3;5-6H,4H2,1-3H3. The third-order valence-corrected chi connectivity index (χ3v) is 3.12. The molecule has 0 radical (unpaired) electrons. The lowest BCUT2D eigenvalue weighted by molar-refractivity contribution is 0.150. The Morgan fingerprint density at radius 1 is 1.05 bits per heavy atom. The van der Waals surface area contributed by atoms with Crippen LogP contribution in [-0.4, -0.2) is 15.0 Å². The van der Waals surface area contributed by atoms with Gasteiger partial charge in [0.05, 0.1) is 11.9 Å². The molecule has 0 amide bonds. The van der Waals surface area contributed by atoms with E-state index in [-0.39, 0.29) is 11.5 Å². The van der Waals surface area contributed by atoms with E-state index in [1.165, 1.54) is 6.07 Å². The van der Waals surface area contributed by atoms with Crippen molar-refractivity contribution in [2.75, 3.05) is 0 Å². The second-order valence-electron chi connectivity index (χ2n) is 6.01. The monoisotopic (exact) mass is 309 g/mol. The first-order valence-electron chi connectivity index (χ1n) is 7.53. The van der Waals surface area contributed by atoms with Crippen molar-refractivity contribution in [3.63, 3.8) is 0 Å². The zero-order valence-corrected chi connectivity index (χ0v) is 13.9. The molecular weight excluding hydrogens is 284 g/mol. The number of aromatic nitrogens is 3. The molecule has 0 atom stereocenters. The van der Waals surface area contributed by atoms with Crippen LogP contribution < -0.4 is 0 Å². The van der Waals surface area contributed by atoms with Crippen LogP contribution in [0.4, 0.5) is 8.78 Å². The molecule has 0 aliphatic rings. The predicted octanol–water partition coefficient (Wildman–Crippen LogP) is 4.76. The van der Waals surface area contributed by atoms with E-state index >= 15 is 0 Å². The molecule has 22 heavy (non-hydrogen) atoms. The number of hydrogen-bond donors (Lipinski definition) is 0. The van der Waals surface area contributed by atoms with E-state index in [4.69, 9.17) is 0 Å². The van der Waals surface area contributed by atoms with E-state index in [1.807, 2.05) is 27.1 Å². The van der Waals surface area contributed by atoms with E-state index in [0.29, 0.717) is 5.92 Å². The Balaban J connectivity index is 0.000000224. The van der Waals surface area contributed by atoms with Gasteiger partial charge in [0.2, 0.25) is 0 Å². The van der Waals surface area contributed by atoms with Gasteiger partial charge in [-0.05, 0) is 23.8 Å². The summed E-state index contributed by atoms with van der Waals surface area (Å²) >= 11 is 0. The van der Waals surface area contributed by atoms with Crippen molar-refractivity contribution in [1.29, 1.82) is 0 Å². The summed E-state index contributed by atoms with van der Waals surface area (Å²) in [7, 11) is 1.84. The molecule has 1 aromatic carbocycles. The maximum atomic E-state index is 12.4. The highest BCUT2D eigenvalue weighted by Gasteiger charge is 2.13. The molecule has 0 saturated heterocycles. The lowest BCUT2D eigenvalue weighted by Crippen LogP contribution is -1.97. The maximum Gasteiger partial charge on any atom is 0.264 e. The van der Waals surface area contributed by atoms with Gasteiger partial charge in [0, 0.05) is 12.6 Å². The normalized spacial score (nSPS) is 11.0. The minimum atomic E-state index is -2.36. The molecule has 2 rings (SSSR count). The second kappa shape index (κ2) is 8.61. The SMILES string of the molecule is CC(C)Cc1cnn(C)n1.CC(C)c1ccccc1C(F)F. The molecule has 0 N–H and O–H groups in total. The molecule has 5 heteroatoms. The molecule has 0 unspecified atom stereocenters. The third kappa shape index (κ3) is 5.92. The Morgan fingerprint density at radius 3 is 2.00 bits per heavy atom. The van der Waals surface area contributed by atoms with Crippen LogP contribution in [0.15, 0.2) is 30.5 Å². The van der Waals surface area contributed by atoms with Crippen LogP contribution in [0.25, 0.3) is 0 Å². The average molecular weight is 309 g/mol. The summed E-state index contributed by atoms with van der Waals surface area (Å²) < 4.78 is 24.8. The van der Waals surface area contributed by atoms with Crippen LogP contribution in [0, 0.1) is 5.92 Å². The lowest BCUT2D eigenvalue weighted by atomic mass is 9.98. The molecule has 0 spiro atoms. The van der Waals surface area contributed by atoms with Crippen LogP contribution in [-0.2, 0) is 13.5 Å². The zero-order chi connectivity index (χ0) is 16.7. The Bertz CT molecular complexity index is 536. The molecule has 2 aromatic rings. The summed E-state index contributed by atoms with van der Waals surface area (Å²) in [6, 6.07) is 6.68. The van der Waals surface area contributed by atoms with Crippen molar-refractivity contribution in [3.05, 3.63) is 47.3 Å². The van der Waals surface area contributed by atoms with Crippen LogP contribution in [0.2, 0.25) is 0 Å². The van der Waals surface area contributed by atoms with Crippen LogP contribution in [0.3, 0.4) is 0 Å². The topological polar surface area (TPSA) is 30.7 Å². The van der Waals surface area contributed by atoms with Crippen molar-refractivity contribution < 1.29 is 8.78 Å². The number of benzene rings is 1. The highest BCUT2D eigenvalue weighted by molar-refractivity contribution is 5.30. The number of rotatable bonds is 4. The Hall–Kier alpha value is -1.78. The number of alkyl halides is 2. The van der Waals surface area contributed by atoms with Gasteiger partial charge < -0.3 is 0 Å². The van der Waals surface area contributed by atoms with Gasteiger partial charge in [0.25, 0.3) is 6.43 Å². The third-order valence-electron chi connectivity index (χ3n) is 3.12. The van der Waals surface area contributed by atoms with E-state index in [0.717, 1.165) is 17.7 Å². The van der Waals surface area contributed by atoms with Crippen molar-refractivity contribution in [1.82, 2.24) is 15.0 Å². The van der Waals surface area contributed by atoms with Crippen molar-refractivity contribution in [2.45, 2.75) is 46.5 Å². The Labute approximate surface area is 131 Å². The first-order chi connectivity index (χ1) is 10.3. The van der Waals surface area contributed by atoms with Gasteiger partial charge in [-0.1, -0.05) is 52.0 Å². The summed E-state index contributed by atoms with van der Waals surface area (Å²) in [5.74, 6) is 0.826. The number of hydrogen-bond acceptors (Lipinski definition) is 2. The van der Waals surface area contributed by atoms with E-state index < -0.39 is 6.43 Å². The molecule has 0 fully saturated rings. The fourth-order valence-electron chi connectivity index (χ4n) is 2.13. The molecule has 0 bridgehead atoms. The lowest BCUT2D eigenvalue weighted by Gasteiger charge is -2.10. The fourth-order valence-corrected chi connectivity index (χ4v) is 2.13. The van der Waals surface area contributed by atoms with Gasteiger partial charge in [-0.2, -0.15) is 15.0 Å². The highest BCUT2D eigenvalue weighted by atomic mass is 19.3. The first kappa shape index (κ1) is 18.3. The zero-order valence-electron chi connectivity index (χ0n) is 13.9.